The monoisotopic (exact) mass is 550 g/mol. The Balaban J connectivity index is 1.50. The lowest BCUT2D eigenvalue weighted by atomic mass is 10.00. The van der Waals surface area contributed by atoms with Gasteiger partial charge in [-0.3, -0.25) is 13.5 Å². The molecule has 0 spiro atoms. The van der Waals surface area contributed by atoms with E-state index in [2.05, 4.69) is 29.6 Å². The molecule has 0 saturated carbocycles. The third-order valence-electron chi connectivity index (χ3n) is 6.93. The second-order valence-electron chi connectivity index (χ2n) is 10.9. The van der Waals surface area contributed by atoms with Gasteiger partial charge in [-0.1, -0.05) is 31.8 Å². The van der Waals surface area contributed by atoms with Crippen molar-refractivity contribution in [2.24, 2.45) is 0 Å². The van der Waals surface area contributed by atoms with Crippen molar-refractivity contribution in [3.63, 3.8) is 0 Å². The van der Waals surface area contributed by atoms with E-state index < -0.39 is 25.8 Å². The molecule has 0 amide bonds. The maximum Gasteiger partial charge on any atom is 0.332 e. The van der Waals surface area contributed by atoms with Gasteiger partial charge in [0.15, 0.2) is 23.0 Å². The SMILES string of the molecule is C[Si](C)(C)CCOCn1c(=O)n(C2CCOc3c(F)cccc32)c2nc(-c3cnc4ccc(F)cn34)ncc21. The molecule has 39 heavy (non-hydrogen) atoms. The van der Waals surface area contributed by atoms with E-state index in [1.165, 1.54) is 22.9 Å². The van der Waals surface area contributed by atoms with Crippen LogP contribution >= 0.6 is 0 Å². The zero-order valence-corrected chi connectivity index (χ0v) is 22.9. The number of hydrogen-bond acceptors (Lipinski definition) is 6. The number of aromatic nitrogens is 6. The van der Waals surface area contributed by atoms with Crippen LogP contribution in [0, 0.1) is 11.6 Å². The van der Waals surface area contributed by atoms with Crippen molar-refractivity contribution in [3.8, 4) is 17.3 Å². The number of nitrogens with zero attached hydrogens (tertiary/aromatic N) is 6. The van der Waals surface area contributed by atoms with Gasteiger partial charge in [0.2, 0.25) is 0 Å². The van der Waals surface area contributed by atoms with Gasteiger partial charge >= 0.3 is 5.69 Å². The van der Waals surface area contributed by atoms with Crippen molar-refractivity contribution < 1.29 is 18.3 Å². The topological polar surface area (TPSA) is 88.5 Å². The van der Waals surface area contributed by atoms with Gasteiger partial charge < -0.3 is 9.47 Å². The summed E-state index contributed by atoms with van der Waals surface area (Å²) in [6.45, 7) is 7.60. The Morgan fingerprint density at radius 2 is 1.97 bits per heavy atom. The first-order valence-electron chi connectivity index (χ1n) is 12.8. The average Bonchev–Trinajstić information content (AvgIpc) is 3.43. The van der Waals surface area contributed by atoms with E-state index in [0.717, 1.165) is 6.04 Å². The standard InChI is InChI=1S/C27H28F2N6O3Si/c1-39(2,3)12-11-37-16-34-22-14-31-25(21-13-30-23-8-7-17(28)15-33(21)23)32-26(22)35(27(34)36)20-9-10-38-24-18(20)5-4-6-19(24)29/h4-8,13-15,20H,9-12,16H2,1-3H3. The summed E-state index contributed by atoms with van der Waals surface area (Å²) in [5.74, 6) is -0.494. The van der Waals surface area contributed by atoms with Crippen molar-refractivity contribution in [2.45, 2.75) is 44.9 Å². The summed E-state index contributed by atoms with van der Waals surface area (Å²) in [4.78, 5) is 27.5. The lowest BCUT2D eigenvalue weighted by molar-refractivity contribution is 0.0868. The second kappa shape index (κ2) is 9.69. The van der Waals surface area contributed by atoms with Crippen LogP contribution < -0.4 is 10.4 Å². The van der Waals surface area contributed by atoms with Gasteiger partial charge in [-0.2, -0.15) is 0 Å². The Morgan fingerprint density at radius 1 is 1.13 bits per heavy atom. The third kappa shape index (κ3) is 4.63. The number of pyridine rings is 1. The van der Waals surface area contributed by atoms with Crippen LogP contribution in [-0.4, -0.2) is 49.8 Å². The van der Waals surface area contributed by atoms with Gasteiger partial charge in [0.1, 0.15) is 29.4 Å². The molecule has 5 aromatic rings. The molecule has 12 heteroatoms. The van der Waals surface area contributed by atoms with Gasteiger partial charge in [0.05, 0.1) is 25.0 Å². The van der Waals surface area contributed by atoms with Crippen LogP contribution in [0.1, 0.15) is 18.0 Å². The summed E-state index contributed by atoms with van der Waals surface area (Å²) in [7, 11) is -1.32. The Hall–Kier alpha value is -3.90. The summed E-state index contributed by atoms with van der Waals surface area (Å²) in [5, 5.41) is 0. The van der Waals surface area contributed by atoms with E-state index >= 15 is 0 Å². The molecule has 0 bridgehead atoms. The van der Waals surface area contributed by atoms with Crippen LogP contribution in [0.15, 0.2) is 53.7 Å². The molecular formula is C27H28F2N6O3Si. The van der Waals surface area contributed by atoms with Crippen LogP contribution in [-0.2, 0) is 11.5 Å². The number of hydrogen-bond donors (Lipinski definition) is 0. The molecule has 0 fully saturated rings. The highest BCUT2D eigenvalue weighted by Gasteiger charge is 2.30. The molecule has 1 aliphatic heterocycles. The van der Waals surface area contributed by atoms with Crippen molar-refractivity contribution in [2.75, 3.05) is 13.2 Å². The summed E-state index contributed by atoms with van der Waals surface area (Å²) >= 11 is 0. The van der Waals surface area contributed by atoms with Gasteiger partial charge in [-0.05, 0) is 24.2 Å². The van der Waals surface area contributed by atoms with Crippen LogP contribution in [0.2, 0.25) is 25.7 Å². The molecule has 1 unspecified atom stereocenters. The molecule has 1 aliphatic rings. The quantitative estimate of drug-likeness (QED) is 0.212. The van der Waals surface area contributed by atoms with Gasteiger partial charge in [-0.15, -0.1) is 0 Å². The van der Waals surface area contributed by atoms with E-state index in [1.54, 1.807) is 39.6 Å². The minimum atomic E-state index is -1.32. The summed E-state index contributed by atoms with van der Waals surface area (Å²) in [5.41, 5.74) is 2.10. The number of imidazole rings is 2. The molecule has 0 N–H and O–H groups in total. The number of halogens is 2. The fourth-order valence-electron chi connectivity index (χ4n) is 4.88. The minimum absolute atomic E-state index is 0.0373. The Bertz CT molecular complexity index is 1760. The highest BCUT2D eigenvalue weighted by molar-refractivity contribution is 6.76. The Kier molecular flexibility index (Phi) is 6.30. The number of para-hydroxylation sites is 1. The number of ether oxygens (including phenoxy) is 2. The highest BCUT2D eigenvalue weighted by atomic mass is 28.3. The predicted molar refractivity (Wildman–Crippen MR) is 145 cm³/mol. The molecule has 0 radical (unpaired) electrons. The molecule has 0 aliphatic carbocycles. The van der Waals surface area contributed by atoms with Gasteiger partial charge in [0, 0.05) is 32.9 Å². The molecule has 4 aromatic heterocycles. The van der Waals surface area contributed by atoms with Crippen LogP contribution in [0.3, 0.4) is 0 Å². The molecular weight excluding hydrogens is 522 g/mol. The smallest absolute Gasteiger partial charge is 0.332 e. The maximum atomic E-state index is 14.6. The van der Waals surface area contributed by atoms with Crippen molar-refractivity contribution in [1.29, 1.82) is 0 Å². The highest BCUT2D eigenvalue weighted by Crippen LogP contribution is 2.37. The Labute approximate surface area is 223 Å². The maximum absolute atomic E-state index is 14.6. The number of benzene rings is 1. The first kappa shape index (κ1) is 25.4. The largest absolute Gasteiger partial charge is 0.490 e. The number of rotatable bonds is 7. The summed E-state index contributed by atoms with van der Waals surface area (Å²) in [6, 6.07) is 8.05. The fourth-order valence-corrected chi connectivity index (χ4v) is 5.63. The average molecular weight is 551 g/mol. The molecule has 202 valence electrons. The summed E-state index contributed by atoms with van der Waals surface area (Å²) < 4.78 is 44.8. The molecule has 1 aromatic carbocycles. The Morgan fingerprint density at radius 3 is 2.79 bits per heavy atom. The molecule has 1 atom stereocenters. The van der Waals surface area contributed by atoms with Gasteiger partial charge in [-0.25, -0.2) is 28.5 Å². The van der Waals surface area contributed by atoms with Crippen LogP contribution in [0.4, 0.5) is 8.78 Å². The van der Waals surface area contributed by atoms with Crippen molar-refractivity contribution in [1.82, 2.24) is 28.5 Å². The van der Waals surface area contributed by atoms with Gasteiger partial charge in [0.25, 0.3) is 0 Å². The predicted octanol–water partition coefficient (Wildman–Crippen LogP) is 4.87. The zero-order valence-electron chi connectivity index (χ0n) is 21.9. The number of fused-ring (bicyclic) bond motifs is 3. The molecule has 9 nitrogen and oxygen atoms in total. The van der Waals surface area contributed by atoms with E-state index in [4.69, 9.17) is 14.5 Å². The van der Waals surface area contributed by atoms with Crippen molar-refractivity contribution >= 4 is 24.9 Å². The first-order chi connectivity index (χ1) is 18.7. The normalized spacial score (nSPS) is 15.6. The van der Waals surface area contributed by atoms with Crippen LogP contribution in [0.25, 0.3) is 28.3 Å². The molecule has 0 saturated heterocycles. The first-order valence-corrected chi connectivity index (χ1v) is 16.5. The van der Waals surface area contributed by atoms with E-state index in [1.807, 2.05) is 0 Å². The third-order valence-corrected chi connectivity index (χ3v) is 8.63. The fraction of sp³-hybridized carbons (Fsp3) is 0.333. The summed E-state index contributed by atoms with van der Waals surface area (Å²) in [6.07, 6.45) is 4.90. The molecule has 6 rings (SSSR count). The molecule has 5 heterocycles. The lowest BCUT2D eigenvalue weighted by Crippen LogP contribution is -2.32. The van der Waals surface area contributed by atoms with Crippen LogP contribution in [0.5, 0.6) is 5.75 Å². The second-order valence-corrected chi connectivity index (χ2v) is 16.5. The van der Waals surface area contributed by atoms with E-state index in [-0.39, 0.29) is 30.6 Å². The minimum Gasteiger partial charge on any atom is -0.490 e. The van der Waals surface area contributed by atoms with E-state index in [9.17, 15) is 13.6 Å². The lowest BCUT2D eigenvalue weighted by Gasteiger charge is -2.26. The zero-order chi connectivity index (χ0) is 27.3. The van der Waals surface area contributed by atoms with Crippen molar-refractivity contribution in [3.05, 3.63) is 76.6 Å². The van der Waals surface area contributed by atoms with E-state index in [0.29, 0.717) is 41.1 Å².